The molecule has 1 atom stereocenters. The van der Waals surface area contributed by atoms with Crippen molar-refractivity contribution in [3.63, 3.8) is 0 Å². The molecule has 13 heavy (non-hydrogen) atoms. The highest BCUT2D eigenvalue weighted by Gasteiger charge is 2.14. The Kier molecular flexibility index (Phi) is 1.93. The summed E-state index contributed by atoms with van der Waals surface area (Å²) >= 11 is 1.55. The second kappa shape index (κ2) is 3.09. The number of rotatable bonds is 2. The van der Waals surface area contributed by atoms with Crippen LogP contribution in [0.25, 0.3) is 0 Å². The van der Waals surface area contributed by atoms with Gasteiger partial charge in [0.05, 0.1) is 0 Å². The number of anilines is 1. The van der Waals surface area contributed by atoms with Crippen LogP contribution in [0.4, 0.5) is 5.95 Å². The number of hydrogen-bond donors (Lipinski definition) is 1. The van der Waals surface area contributed by atoms with Crippen molar-refractivity contribution in [2.75, 3.05) is 5.73 Å². The van der Waals surface area contributed by atoms with Gasteiger partial charge >= 0.3 is 0 Å². The van der Waals surface area contributed by atoms with Gasteiger partial charge in [0.15, 0.2) is 0 Å². The number of aromatic nitrogens is 5. The van der Waals surface area contributed by atoms with Gasteiger partial charge in [0.25, 0.3) is 0 Å². The fourth-order valence-electron chi connectivity index (χ4n) is 1.02. The van der Waals surface area contributed by atoms with Gasteiger partial charge in [0.2, 0.25) is 5.95 Å². The molecule has 1 unspecified atom stereocenters. The zero-order valence-corrected chi connectivity index (χ0v) is 7.77. The van der Waals surface area contributed by atoms with Crippen molar-refractivity contribution in [3.8, 4) is 0 Å². The summed E-state index contributed by atoms with van der Waals surface area (Å²) in [5.74, 6) is 0.308. The maximum atomic E-state index is 5.55. The Morgan fingerprint density at radius 3 is 3.00 bits per heavy atom. The number of tetrazole rings is 1. The Morgan fingerprint density at radius 2 is 2.46 bits per heavy atom. The second-order valence-electron chi connectivity index (χ2n) is 2.53. The molecule has 0 bridgehead atoms. The molecule has 6 nitrogen and oxygen atoms in total. The van der Waals surface area contributed by atoms with Crippen molar-refractivity contribution in [1.29, 1.82) is 0 Å². The molecule has 0 aliphatic rings. The third-order valence-corrected chi connectivity index (χ3v) is 2.64. The minimum atomic E-state index is -0.00463. The number of nitrogen functional groups attached to an aromatic ring is 1. The molecule has 0 radical (unpaired) electrons. The van der Waals surface area contributed by atoms with Crippen LogP contribution in [0.1, 0.15) is 18.0 Å². The zero-order chi connectivity index (χ0) is 9.26. The van der Waals surface area contributed by atoms with E-state index in [0.717, 1.165) is 5.01 Å². The highest BCUT2D eigenvalue weighted by Crippen LogP contribution is 2.19. The largest absolute Gasteiger partial charge is 0.367 e. The Hall–Kier alpha value is -1.50. The Balaban J connectivity index is 2.33. The van der Waals surface area contributed by atoms with E-state index in [1.165, 1.54) is 0 Å². The van der Waals surface area contributed by atoms with Crippen molar-refractivity contribution < 1.29 is 0 Å². The van der Waals surface area contributed by atoms with Crippen molar-refractivity contribution in [2.24, 2.45) is 0 Å². The molecule has 0 aliphatic carbocycles. The van der Waals surface area contributed by atoms with Crippen LogP contribution in [-0.2, 0) is 0 Å². The number of thiazole rings is 1. The lowest BCUT2D eigenvalue weighted by atomic mass is 10.4. The van der Waals surface area contributed by atoms with Crippen LogP contribution >= 0.6 is 11.3 Å². The summed E-state index contributed by atoms with van der Waals surface area (Å²) in [5, 5.41) is 13.7. The molecule has 0 amide bonds. The maximum absolute atomic E-state index is 5.55. The predicted molar refractivity (Wildman–Crippen MR) is 48.2 cm³/mol. The summed E-state index contributed by atoms with van der Waals surface area (Å²) in [5.41, 5.74) is 5.55. The van der Waals surface area contributed by atoms with Crippen molar-refractivity contribution >= 4 is 17.3 Å². The molecule has 2 heterocycles. The monoisotopic (exact) mass is 196 g/mol. The van der Waals surface area contributed by atoms with E-state index in [1.54, 1.807) is 22.2 Å². The Labute approximate surface area is 78.4 Å². The molecule has 0 saturated heterocycles. The van der Waals surface area contributed by atoms with Gasteiger partial charge in [-0.1, -0.05) is 5.10 Å². The van der Waals surface area contributed by atoms with Crippen molar-refractivity contribution in [2.45, 2.75) is 13.0 Å². The van der Waals surface area contributed by atoms with E-state index >= 15 is 0 Å². The standard InChI is InChI=1S/C6H8N6S/c1-4(5-8-2-3-13-5)12-6(7)9-10-11-12/h2-4H,1H3,(H2,7,9,11). The lowest BCUT2D eigenvalue weighted by molar-refractivity contribution is 0.547. The lowest BCUT2D eigenvalue weighted by Gasteiger charge is -2.07. The van der Waals surface area contributed by atoms with Gasteiger partial charge in [-0.15, -0.1) is 11.3 Å². The quantitative estimate of drug-likeness (QED) is 0.748. The SMILES string of the molecule is CC(c1nccs1)n1nnnc1N. The first-order valence-electron chi connectivity index (χ1n) is 3.72. The van der Waals surface area contributed by atoms with E-state index in [2.05, 4.69) is 20.5 Å². The topological polar surface area (TPSA) is 82.5 Å². The van der Waals surface area contributed by atoms with E-state index in [0.29, 0.717) is 5.95 Å². The summed E-state index contributed by atoms with van der Waals surface area (Å²) in [7, 11) is 0. The van der Waals surface area contributed by atoms with Crippen LogP contribution in [0.2, 0.25) is 0 Å². The third-order valence-electron chi connectivity index (χ3n) is 1.69. The molecule has 0 aliphatic heterocycles. The molecule has 0 fully saturated rings. The third kappa shape index (κ3) is 1.37. The van der Waals surface area contributed by atoms with Crippen LogP contribution in [0.5, 0.6) is 0 Å². The highest BCUT2D eigenvalue weighted by atomic mass is 32.1. The molecule has 2 rings (SSSR count). The molecule has 0 aromatic carbocycles. The van der Waals surface area contributed by atoms with Gasteiger partial charge in [-0.25, -0.2) is 9.67 Å². The fourth-order valence-corrected chi connectivity index (χ4v) is 1.70. The summed E-state index contributed by atoms with van der Waals surface area (Å²) < 4.78 is 1.54. The van der Waals surface area contributed by atoms with Gasteiger partial charge in [-0.2, -0.15) is 0 Å². The van der Waals surface area contributed by atoms with Gasteiger partial charge in [0.1, 0.15) is 11.0 Å². The molecule has 2 aromatic heterocycles. The van der Waals surface area contributed by atoms with Gasteiger partial charge in [-0.3, -0.25) is 0 Å². The van der Waals surface area contributed by atoms with Crippen LogP contribution in [-0.4, -0.2) is 25.2 Å². The Morgan fingerprint density at radius 1 is 1.62 bits per heavy atom. The molecule has 0 spiro atoms. The van der Waals surface area contributed by atoms with Crippen LogP contribution in [0.15, 0.2) is 11.6 Å². The summed E-state index contributed by atoms with van der Waals surface area (Å²) in [4.78, 5) is 4.16. The highest BCUT2D eigenvalue weighted by molar-refractivity contribution is 7.09. The minimum Gasteiger partial charge on any atom is -0.367 e. The number of hydrogen-bond acceptors (Lipinski definition) is 6. The summed E-state index contributed by atoms with van der Waals surface area (Å²) in [6, 6.07) is -0.00463. The molecular weight excluding hydrogens is 188 g/mol. The van der Waals surface area contributed by atoms with E-state index in [1.807, 2.05) is 12.3 Å². The number of nitrogens with zero attached hydrogens (tertiary/aromatic N) is 5. The Bertz CT molecular complexity index is 379. The van der Waals surface area contributed by atoms with Crippen molar-refractivity contribution in [3.05, 3.63) is 16.6 Å². The van der Waals surface area contributed by atoms with E-state index < -0.39 is 0 Å². The molecular formula is C6H8N6S. The molecule has 0 saturated carbocycles. The van der Waals surface area contributed by atoms with E-state index in [9.17, 15) is 0 Å². The zero-order valence-electron chi connectivity index (χ0n) is 6.95. The fraction of sp³-hybridized carbons (Fsp3) is 0.333. The maximum Gasteiger partial charge on any atom is 0.240 e. The molecule has 2 N–H and O–H groups in total. The van der Waals surface area contributed by atoms with Gasteiger partial charge < -0.3 is 5.73 Å². The van der Waals surface area contributed by atoms with Gasteiger partial charge in [-0.05, 0) is 17.4 Å². The first-order chi connectivity index (χ1) is 6.29. The molecule has 7 heteroatoms. The average Bonchev–Trinajstić information content (AvgIpc) is 2.72. The van der Waals surface area contributed by atoms with E-state index in [4.69, 9.17) is 5.73 Å². The van der Waals surface area contributed by atoms with Crippen LogP contribution in [0.3, 0.4) is 0 Å². The molecule has 68 valence electrons. The average molecular weight is 196 g/mol. The lowest BCUT2D eigenvalue weighted by Crippen LogP contribution is -2.11. The predicted octanol–water partition coefficient (Wildman–Crippen LogP) is 0.321. The first-order valence-corrected chi connectivity index (χ1v) is 4.59. The van der Waals surface area contributed by atoms with E-state index in [-0.39, 0.29) is 6.04 Å². The summed E-state index contributed by atoms with van der Waals surface area (Å²) in [6.45, 7) is 1.95. The van der Waals surface area contributed by atoms with Crippen molar-refractivity contribution in [1.82, 2.24) is 25.2 Å². The first kappa shape index (κ1) is 8.11. The minimum absolute atomic E-state index is 0.00463. The smallest absolute Gasteiger partial charge is 0.240 e. The van der Waals surface area contributed by atoms with Crippen LogP contribution in [0, 0.1) is 0 Å². The van der Waals surface area contributed by atoms with Gasteiger partial charge in [0, 0.05) is 11.6 Å². The number of nitrogens with two attached hydrogens (primary N) is 1. The summed E-state index contributed by atoms with van der Waals surface area (Å²) in [6.07, 6.45) is 1.75. The van der Waals surface area contributed by atoms with Crippen LogP contribution < -0.4 is 5.73 Å². The second-order valence-corrected chi connectivity index (χ2v) is 3.45. The normalized spacial score (nSPS) is 13.0. The molecule has 2 aromatic rings.